The summed E-state index contributed by atoms with van der Waals surface area (Å²) in [4.78, 5) is 12.1. The Morgan fingerprint density at radius 1 is 1.11 bits per heavy atom. The van der Waals surface area contributed by atoms with E-state index in [0.29, 0.717) is 12.1 Å². The zero-order valence-corrected chi connectivity index (χ0v) is 13.0. The lowest BCUT2D eigenvalue weighted by Gasteiger charge is -2.25. The van der Waals surface area contributed by atoms with Crippen LogP contribution in [0.1, 0.15) is 78.6 Å². The molecule has 3 nitrogen and oxygen atoms in total. The molecule has 1 aliphatic carbocycles. The summed E-state index contributed by atoms with van der Waals surface area (Å²) in [6.07, 6.45) is 11.3. The molecule has 0 heterocycles. The summed E-state index contributed by atoms with van der Waals surface area (Å²) in [6.45, 7) is 6.23. The first kappa shape index (κ1) is 16.5. The van der Waals surface area contributed by atoms with Crippen LogP contribution in [0.4, 0.5) is 0 Å². The number of amides is 1. The van der Waals surface area contributed by atoms with Crippen molar-refractivity contribution in [3.63, 3.8) is 0 Å². The molecule has 1 saturated carbocycles. The molecular weight excluding hydrogens is 236 g/mol. The zero-order valence-electron chi connectivity index (χ0n) is 13.0. The lowest BCUT2D eigenvalue weighted by Crippen LogP contribution is -2.48. The van der Waals surface area contributed by atoms with Gasteiger partial charge in [0.2, 0.25) is 5.91 Å². The average Bonchev–Trinajstić information content (AvgIpc) is 2.32. The minimum absolute atomic E-state index is 0.0660. The van der Waals surface area contributed by atoms with Crippen molar-refractivity contribution in [1.29, 1.82) is 0 Å². The van der Waals surface area contributed by atoms with Gasteiger partial charge in [-0.2, -0.15) is 0 Å². The summed E-state index contributed by atoms with van der Waals surface area (Å²) in [7, 11) is 0. The van der Waals surface area contributed by atoms with E-state index in [1.807, 2.05) is 6.92 Å². The minimum Gasteiger partial charge on any atom is -0.352 e. The monoisotopic (exact) mass is 268 g/mol. The molecule has 0 bridgehead atoms. The topological polar surface area (TPSA) is 41.1 Å². The minimum atomic E-state index is -0.0660. The van der Waals surface area contributed by atoms with Crippen LogP contribution in [-0.2, 0) is 4.79 Å². The molecule has 0 aromatic heterocycles. The first-order valence-electron chi connectivity index (χ1n) is 8.20. The van der Waals surface area contributed by atoms with Crippen LogP contribution in [0, 0.1) is 0 Å². The summed E-state index contributed by atoms with van der Waals surface area (Å²) >= 11 is 0. The van der Waals surface area contributed by atoms with Crippen molar-refractivity contribution < 1.29 is 4.79 Å². The number of rotatable bonds is 6. The summed E-state index contributed by atoms with van der Waals surface area (Å²) in [5.41, 5.74) is 0. The number of nitrogens with one attached hydrogen (secondary N) is 2. The Kier molecular flexibility index (Phi) is 8.11. The molecule has 112 valence electrons. The van der Waals surface area contributed by atoms with Crippen molar-refractivity contribution in [3.8, 4) is 0 Å². The molecule has 2 unspecified atom stereocenters. The van der Waals surface area contributed by atoms with E-state index in [4.69, 9.17) is 0 Å². The maximum absolute atomic E-state index is 12.1. The summed E-state index contributed by atoms with van der Waals surface area (Å²) in [5, 5.41) is 6.62. The lowest BCUT2D eigenvalue weighted by molar-refractivity contribution is -0.123. The third-order valence-electron chi connectivity index (χ3n) is 4.09. The molecule has 0 aliphatic heterocycles. The van der Waals surface area contributed by atoms with Gasteiger partial charge in [-0.3, -0.25) is 4.79 Å². The highest BCUT2D eigenvalue weighted by Crippen LogP contribution is 2.17. The third kappa shape index (κ3) is 6.95. The van der Waals surface area contributed by atoms with Crippen LogP contribution in [0.2, 0.25) is 0 Å². The van der Waals surface area contributed by atoms with Crippen LogP contribution >= 0.6 is 0 Å². The Morgan fingerprint density at radius 3 is 2.26 bits per heavy atom. The second-order valence-corrected chi connectivity index (χ2v) is 6.13. The first-order chi connectivity index (χ1) is 9.13. The molecule has 19 heavy (non-hydrogen) atoms. The standard InChI is InChI=1S/C16H32N2O/c1-4-10-13(2)17-16(19)14(3)18-15-11-8-6-5-7-9-12-15/h13-15,18H,4-12H2,1-3H3,(H,17,19). The zero-order chi connectivity index (χ0) is 14.1. The molecule has 0 saturated heterocycles. The molecule has 0 aromatic rings. The predicted octanol–water partition coefficient (Wildman–Crippen LogP) is 3.38. The normalized spacial score (nSPS) is 21.2. The Bertz CT molecular complexity index is 247. The van der Waals surface area contributed by atoms with E-state index in [0.717, 1.165) is 12.8 Å². The molecule has 1 fully saturated rings. The van der Waals surface area contributed by atoms with Crippen LogP contribution in [-0.4, -0.2) is 24.0 Å². The van der Waals surface area contributed by atoms with E-state index in [1.165, 1.54) is 44.9 Å². The van der Waals surface area contributed by atoms with E-state index >= 15 is 0 Å². The summed E-state index contributed by atoms with van der Waals surface area (Å²) < 4.78 is 0. The number of hydrogen-bond donors (Lipinski definition) is 2. The molecule has 0 spiro atoms. The van der Waals surface area contributed by atoms with E-state index in [-0.39, 0.29) is 11.9 Å². The van der Waals surface area contributed by atoms with E-state index in [9.17, 15) is 4.79 Å². The van der Waals surface area contributed by atoms with Gasteiger partial charge in [0.05, 0.1) is 6.04 Å². The van der Waals surface area contributed by atoms with E-state index < -0.39 is 0 Å². The molecule has 3 heteroatoms. The van der Waals surface area contributed by atoms with Crippen LogP contribution in [0.15, 0.2) is 0 Å². The van der Waals surface area contributed by atoms with Gasteiger partial charge < -0.3 is 10.6 Å². The molecule has 2 N–H and O–H groups in total. The van der Waals surface area contributed by atoms with Gasteiger partial charge in [-0.05, 0) is 33.1 Å². The predicted molar refractivity (Wildman–Crippen MR) is 81.2 cm³/mol. The number of hydrogen-bond acceptors (Lipinski definition) is 2. The first-order valence-corrected chi connectivity index (χ1v) is 8.20. The third-order valence-corrected chi connectivity index (χ3v) is 4.09. The fourth-order valence-corrected chi connectivity index (χ4v) is 2.93. The molecule has 1 aliphatic rings. The molecule has 1 rings (SSSR count). The molecule has 0 radical (unpaired) electrons. The summed E-state index contributed by atoms with van der Waals surface area (Å²) in [5.74, 6) is 0.156. The maximum Gasteiger partial charge on any atom is 0.237 e. The largest absolute Gasteiger partial charge is 0.352 e. The van der Waals surface area contributed by atoms with Gasteiger partial charge in [0.1, 0.15) is 0 Å². The van der Waals surface area contributed by atoms with Crippen LogP contribution in [0.5, 0.6) is 0 Å². The van der Waals surface area contributed by atoms with Crippen LogP contribution in [0.25, 0.3) is 0 Å². The Hall–Kier alpha value is -0.570. The second kappa shape index (κ2) is 9.35. The second-order valence-electron chi connectivity index (χ2n) is 6.13. The molecule has 1 amide bonds. The van der Waals surface area contributed by atoms with E-state index in [1.54, 1.807) is 0 Å². The van der Waals surface area contributed by atoms with Crippen molar-refractivity contribution >= 4 is 5.91 Å². The Morgan fingerprint density at radius 2 is 1.68 bits per heavy atom. The average molecular weight is 268 g/mol. The van der Waals surface area contributed by atoms with Crippen LogP contribution < -0.4 is 10.6 Å². The maximum atomic E-state index is 12.1. The van der Waals surface area contributed by atoms with Crippen molar-refractivity contribution in [1.82, 2.24) is 10.6 Å². The van der Waals surface area contributed by atoms with Gasteiger partial charge in [-0.1, -0.05) is 45.4 Å². The van der Waals surface area contributed by atoms with Gasteiger partial charge in [0.15, 0.2) is 0 Å². The Balaban J connectivity index is 2.30. The van der Waals surface area contributed by atoms with Crippen molar-refractivity contribution in [2.45, 2.75) is 96.7 Å². The van der Waals surface area contributed by atoms with Crippen molar-refractivity contribution in [2.24, 2.45) is 0 Å². The van der Waals surface area contributed by atoms with Gasteiger partial charge in [0, 0.05) is 12.1 Å². The van der Waals surface area contributed by atoms with Gasteiger partial charge in [0.25, 0.3) is 0 Å². The molecule has 0 aromatic carbocycles. The highest BCUT2D eigenvalue weighted by molar-refractivity contribution is 5.81. The SMILES string of the molecule is CCCC(C)NC(=O)C(C)NC1CCCCCCC1. The van der Waals surface area contributed by atoms with Gasteiger partial charge in [-0.15, -0.1) is 0 Å². The fraction of sp³-hybridized carbons (Fsp3) is 0.938. The number of carbonyl (C=O) groups is 1. The molecule has 2 atom stereocenters. The highest BCUT2D eigenvalue weighted by Gasteiger charge is 2.19. The highest BCUT2D eigenvalue weighted by atomic mass is 16.2. The van der Waals surface area contributed by atoms with Crippen molar-refractivity contribution in [3.05, 3.63) is 0 Å². The molecular formula is C16H32N2O. The number of carbonyl (C=O) groups excluding carboxylic acids is 1. The van der Waals surface area contributed by atoms with Gasteiger partial charge >= 0.3 is 0 Å². The van der Waals surface area contributed by atoms with Gasteiger partial charge in [-0.25, -0.2) is 0 Å². The van der Waals surface area contributed by atoms with Crippen LogP contribution in [0.3, 0.4) is 0 Å². The lowest BCUT2D eigenvalue weighted by atomic mass is 9.96. The Labute approximate surface area is 118 Å². The fourth-order valence-electron chi connectivity index (χ4n) is 2.93. The van der Waals surface area contributed by atoms with E-state index in [2.05, 4.69) is 24.5 Å². The van der Waals surface area contributed by atoms with Crippen molar-refractivity contribution in [2.75, 3.05) is 0 Å². The quantitative estimate of drug-likeness (QED) is 0.775. The smallest absolute Gasteiger partial charge is 0.237 e. The summed E-state index contributed by atoms with van der Waals surface area (Å²) in [6, 6.07) is 0.755.